The average Bonchev–Trinajstić information content (AvgIpc) is 1.68. The van der Waals surface area contributed by atoms with Crippen molar-refractivity contribution in [3.63, 3.8) is 0 Å². The van der Waals surface area contributed by atoms with Gasteiger partial charge < -0.3 is 0 Å². The molecule has 0 fully saturated rings. The fourth-order valence-corrected chi connectivity index (χ4v) is 1.45. The summed E-state index contributed by atoms with van der Waals surface area (Å²) in [5.74, 6) is 0. The molecule has 0 aliphatic rings. The minimum absolute atomic E-state index is 0. The zero-order valence-electron chi connectivity index (χ0n) is 5.75. The molecule has 10 heavy (non-hydrogen) atoms. The maximum Gasteiger partial charge on any atom is -0.147 e. The summed E-state index contributed by atoms with van der Waals surface area (Å²) >= 11 is -0.751. The van der Waals surface area contributed by atoms with E-state index < -0.39 is 21.1 Å². The molecule has 0 bridgehead atoms. The summed E-state index contributed by atoms with van der Waals surface area (Å²) in [5, 5.41) is 0. The molecule has 0 saturated heterocycles. The number of rotatable bonds is 2. The van der Waals surface area contributed by atoms with Gasteiger partial charge in [-0.3, -0.25) is 0 Å². The second-order valence-corrected chi connectivity index (χ2v) is 5.21. The van der Waals surface area contributed by atoms with Crippen molar-refractivity contribution in [3.05, 3.63) is 0 Å². The largest absolute Gasteiger partial charge is 0.147 e. The van der Waals surface area contributed by atoms with Crippen molar-refractivity contribution in [1.82, 2.24) is 0 Å². The molecule has 0 aromatic carbocycles. The first-order chi connectivity index (χ1) is 3.31. The van der Waals surface area contributed by atoms with E-state index in [9.17, 15) is 4.79 Å². The van der Waals surface area contributed by atoms with Crippen molar-refractivity contribution >= 4 is 62.3 Å². The molecule has 0 unspecified atom stereocenters. The number of ether oxygens (including phenoxy) is 1. The summed E-state index contributed by atoms with van der Waals surface area (Å²) in [5.41, 5.74) is 0. The van der Waals surface area contributed by atoms with E-state index in [1.165, 1.54) is 7.11 Å². The van der Waals surface area contributed by atoms with Crippen LogP contribution in [0.2, 0.25) is 4.44 Å². The fourth-order valence-electron chi connectivity index (χ4n) is 0.217. The van der Waals surface area contributed by atoms with Crippen LogP contribution < -0.4 is 0 Å². The van der Waals surface area contributed by atoms with Crippen LogP contribution in [-0.4, -0.2) is 32.2 Å². The van der Waals surface area contributed by atoms with Gasteiger partial charge in [-0.05, 0) is 0 Å². The Morgan fingerprint density at radius 3 is 1.90 bits per heavy atom. The fraction of sp³-hybridized carbons (Fsp3) is 0.750. The summed E-state index contributed by atoms with van der Waals surface area (Å²) in [7, 11) is 1.44. The van der Waals surface area contributed by atoms with Crippen molar-refractivity contribution in [3.8, 4) is 0 Å². The van der Waals surface area contributed by atoms with Gasteiger partial charge in [-0.1, -0.05) is 0 Å². The summed E-state index contributed by atoms with van der Waals surface area (Å²) < 4.78 is 5.51. The smallest absolute Gasteiger partial charge is 0.147 e. The molecule has 0 saturated carbocycles. The molecule has 0 rings (SSSR count). The third kappa shape index (κ3) is 16.1. The standard InChI is InChI=1S/C2H3O2.C2H5.3ClH.Sn/c1-4-2-3;1-2;;;;/h1H3;1H2,2H3;3*1H;. The number of hydrogen-bond acceptors (Lipinski definition) is 2. The quantitative estimate of drug-likeness (QED) is 0.730. The van der Waals surface area contributed by atoms with E-state index in [4.69, 9.17) is 0 Å². The molecular weight excluding hydrogens is 305 g/mol. The zero-order chi connectivity index (χ0) is 5.70. The molecule has 0 atom stereocenters. The Morgan fingerprint density at radius 2 is 1.80 bits per heavy atom. The van der Waals surface area contributed by atoms with E-state index in [-0.39, 0.29) is 41.2 Å². The van der Waals surface area contributed by atoms with Crippen LogP contribution in [0.3, 0.4) is 0 Å². The van der Waals surface area contributed by atoms with Gasteiger partial charge in [0.15, 0.2) is 0 Å². The van der Waals surface area contributed by atoms with Crippen LogP contribution >= 0.6 is 37.2 Å². The molecule has 64 valence electrons. The molecule has 2 nitrogen and oxygen atoms in total. The summed E-state index contributed by atoms with van der Waals surface area (Å²) in [6.07, 6.45) is 0. The molecule has 0 amide bonds. The Morgan fingerprint density at radius 1 is 1.40 bits per heavy atom. The van der Waals surface area contributed by atoms with Crippen LogP contribution in [0.25, 0.3) is 0 Å². The first-order valence-electron chi connectivity index (χ1n) is 2.13. The Bertz CT molecular complexity index is 71.5. The van der Waals surface area contributed by atoms with E-state index in [2.05, 4.69) is 4.74 Å². The predicted octanol–water partition coefficient (Wildman–Crippen LogP) is 2.16. The third-order valence-corrected chi connectivity index (χ3v) is 2.92. The normalized spacial score (nSPS) is 5.80. The molecule has 0 aliphatic heterocycles. The Balaban J connectivity index is -0.0000000600. The topological polar surface area (TPSA) is 26.3 Å². The van der Waals surface area contributed by atoms with Crippen molar-refractivity contribution in [2.24, 2.45) is 0 Å². The molecule has 0 aromatic heterocycles. The molecule has 6 heteroatoms. The van der Waals surface area contributed by atoms with E-state index >= 15 is 0 Å². The summed E-state index contributed by atoms with van der Waals surface area (Å²) in [6, 6.07) is 0. The van der Waals surface area contributed by atoms with Crippen LogP contribution in [0.1, 0.15) is 6.92 Å². The van der Waals surface area contributed by atoms with Gasteiger partial charge >= 0.3 is 53.1 Å². The monoisotopic (exact) mass is 316 g/mol. The Kier molecular flexibility index (Phi) is 37.3. The Labute approximate surface area is 89.9 Å². The van der Waals surface area contributed by atoms with Gasteiger partial charge in [0.1, 0.15) is 0 Å². The number of hydrogen-bond donors (Lipinski definition) is 0. The molecule has 0 aliphatic carbocycles. The third-order valence-electron chi connectivity index (χ3n) is 0.507. The maximum atomic E-state index is 10.3. The first-order valence-corrected chi connectivity index (χ1v) is 5.57. The molecule has 0 spiro atoms. The number of carbonyl (C=O) groups excluding carboxylic acids is 1. The minimum Gasteiger partial charge on any atom is -0.147 e. The number of carbonyl (C=O) groups is 1. The maximum absolute atomic E-state index is 10.3. The van der Waals surface area contributed by atoms with Gasteiger partial charge in [-0.25, -0.2) is 0 Å². The van der Waals surface area contributed by atoms with Gasteiger partial charge in [-0.15, -0.1) is 37.2 Å². The second kappa shape index (κ2) is 16.6. The molecule has 0 aromatic rings. The zero-order valence-corrected chi connectivity index (χ0v) is 11.1. The van der Waals surface area contributed by atoms with Gasteiger partial charge in [-0.2, -0.15) is 0 Å². The summed E-state index contributed by atoms with van der Waals surface area (Å²) in [4.78, 5) is 10.3. The van der Waals surface area contributed by atoms with Gasteiger partial charge in [0.25, 0.3) is 0 Å². The SMILES string of the molecule is C[CH2][Sn][C](=O)OC.Cl.Cl.Cl. The molecule has 0 N–H and O–H groups in total. The average molecular weight is 316 g/mol. The predicted molar refractivity (Wildman–Crippen MR) is 50.4 cm³/mol. The van der Waals surface area contributed by atoms with Crippen LogP contribution in [0, 0.1) is 0 Å². The minimum atomic E-state index is -0.751. The van der Waals surface area contributed by atoms with Crippen LogP contribution in [-0.2, 0) is 4.74 Å². The molecular formula is C4H11Cl3O2Sn. The second-order valence-electron chi connectivity index (χ2n) is 1.02. The van der Waals surface area contributed by atoms with Crippen molar-refractivity contribution < 1.29 is 9.53 Å². The number of halogens is 3. The van der Waals surface area contributed by atoms with Crippen molar-refractivity contribution in [2.75, 3.05) is 7.11 Å². The van der Waals surface area contributed by atoms with E-state index in [0.717, 1.165) is 4.44 Å². The summed E-state index contributed by atoms with van der Waals surface area (Å²) in [6.45, 7) is 2.02. The van der Waals surface area contributed by atoms with Crippen LogP contribution in [0.15, 0.2) is 0 Å². The van der Waals surface area contributed by atoms with E-state index in [1.54, 1.807) is 0 Å². The van der Waals surface area contributed by atoms with Crippen molar-refractivity contribution in [2.45, 2.75) is 11.4 Å². The number of methoxy groups -OCH3 is 1. The van der Waals surface area contributed by atoms with Gasteiger partial charge in [0, 0.05) is 0 Å². The van der Waals surface area contributed by atoms with Gasteiger partial charge in [0.05, 0.1) is 0 Å². The first kappa shape index (κ1) is 22.5. The van der Waals surface area contributed by atoms with Gasteiger partial charge in [0.2, 0.25) is 0 Å². The molecule has 2 radical (unpaired) electrons. The van der Waals surface area contributed by atoms with Crippen LogP contribution in [0.4, 0.5) is 4.79 Å². The van der Waals surface area contributed by atoms with E-state index in [1.807, 2.05) is 6.92 Å². The van der Waals surface area contributed by atoms with Crippen LogP contribution in [0.5, 0.6) is 0 Å². The molecule has 0 heterocycles. The van der Waals surface area contributed by atoms with E-state index in [0.29, 0.717) is 0 Å². The Hall–Kier alpha value is 1.14. The van der Waals surface area contributed by atoms with Crippen molar-refractivity contribution in [1.29, 1.82) is 0 Å².